The Kier molecular flexibility index (Phi) is 33.5. The fourth-order valence-electron chi connectivity index (χ4n) is 3.68. The molecule has 0 aliphatic rings. The molecule has 0 rings (SSSR count). The van der Waals surface area contributed by atoms with Crippen LogP contribution in [0.4, 0.5) is 0 Å². The molecule has 0 radical (unpaired) electrons. The molecule has 0 unspecified atom stereocenters. The molecule has 0 fully saturated rings. The Morgan fingerprint density at radius 2 is 0.571 bits per heavy atom. The van der Waals surface area contributed by atoms with E-state index in [1.807, 2.05) is 0 Å². The van der Waals surface area contributed by atoms with E-state index in [4.69, 9.17) is 34.2 Å². The molecule has 0 atom stereocenters. The molecule has 0 aromatic rings. The summed E-state index contributed by atoms with van der Waals surface area (Å²) >= 11 is 0. The van der Waals surface area contributed by atoms with Crippen molar-refractivity contribution in [3.63, 3.8) is 0 Å². The highest BCUT2D eigenvalue weighted by Crippen LogP contribution is 2.12. The van der Waals surface area contributed by atoms with E-state index in [0.29, 0.717) is 79.2 Å². The summed E-state index contributed by atoms with van der Waals surface area (Å²) in [5.74, 6) is 0. The van der Waals surface area contributed by atoms with Crippen molar-refractivity contribution in [1.82, 2.24) is 0 Å². The van der Waals surface area contributed by atoms with Gasteiger partial charge < -0.3 is 34.2 Å². The van der Waals surface area contributed by atoms with Crippen molar-refractivity contribution in [2.45, 2.75) is 96.8 Å². The van der Waals surface area contributed by atoms with E-state index in [0.717, 1.165) is 13.0 Å². The number of unbranched alkanes of at least 4 members (excludes halogenated alkanes) is 13. The van der Waals surface area contributed by atoms with Crippen molar-refractivity contribution in [2.24, 2.45) is 5.73 Å². The minimum Gasteiger partial charge on any atom is -0.379 e. The second-order valence-electron chi connectivity index (χ2n) is 9.06. The first-order valence-electron chi connectivity index (χ1n) is 14.6. The van der Waals surface area contributed by atoms with Gasteiger partial charge in [0.2, 0.25) is 0 Å². The molecule has 0 aromatic carbocycles. The van der Waals surface area contributed by atoms with Crippen LogP contribution in [0.25, 0.3) is 0 Å². The number of ether oxygens (including phenoxy) is 6. The molecule has 0 aromatic heterocycles. The van der Waals surface area contributed by atoms with Gasteiger partial charge in [0.1, 0.15) is 0 Å². The maximum atomic E-state index is 5.65. The lowest BCUT2D eigenvalue weighted by molar-refractivity contribution is -0.0165. The lowest BCUT2D eigenvalue weighted by Gasteiger charge is -2.08. The highest BCUT2D eigenvalue weighted by molar-refractivity contribution is 4.49. The quantitative estimate of drug-likeness (QED) is 0.120. The summed E-state index contributed by atoms with van der Waals surface area (Å²) in [6.45, 7) is 10.1. The maximum absolute atomic E-state index is 5.65. The van der Waals surface area contributed by atoms with Crippen LogP contribution in [0.1, 0.15) is 96.8 Å². The van der Waals surface area contributed by atoms with Crippen LogP contribution in [0, 0.1) is 0 Å². The van der Waals surface area contributed by atoms with Crippen LogP contribution >= 0.6 is 0 Å². The van der Waals surface area contributed by atoms with E-state index in [-0.39, 0.29) is 0 Å². The first-order chi connectivity index (χ1) is 17.4. The Morgan fingerprint density at radius 3 is 0.886 bits per heavy atom. The van der Waals surface area contributed by atoms with Crippen LogP contribution in [-0.4, -0.2) is 85.8 Å². The molecule has 7 nitrogen and oxygen atoms in total. The summed E-state index contributed by atoms with van der Waals surface area (Å²) in [6, 6.07) is 0. The van der Waals surface area contributed by atoms with Gasteiger partial charge >= 0.3 is 0 Å². The Balaban J connectivity index is 3.00. The second kappa shape index (κ2) is 33.7. The van der Waals surface area contributed by atoms with Crippen LogP contribution < -0.4 is 5.73 Å². The number of rotatable bonds is 32. The monoisotopic (exact) mass is 505 g/mol. The van der Waals surface area contributed by atoms with Gasteiger partial charge in [-0.3, -0.25) is 0 Å². The topological polar surface area (TPSA) is 81.4 Å². The lowest BCUT2D eigenvalue weighted by atomic mass is 10.0. The molecule has 0 saturated carbocycles. The summed E-state index contributed by atoms with van der Waals surface area (Å²) in [7, 11) is 0. The Bertz CT molecular complexity index is 330. The average molecular weight is 506 g/mol. The first-order valence-corrected chi connectivity index (χ1v) is 14.6. The standard InChI is InChI=1S/C28H59NO6/c1-2-3-4-5-6-7-8-9-10-11-12-13-14-15-17-30-19-21-32-23-25-34-27-28-35-26-24-33-22-20-31-18-16-29/h2-29H2,1H3. The molecule has 35 heavy (non-hydrogen) atoms. The molecular formula is C28H59NO6. The van der Waals surface area contributed by atoms with Crippen LogP contribution in [-0.2, 0) is 28.4 Å². The van der Waals surface area contributed by atoms with Gasteiger partial charge in [-0.15, -0.1) is 0 Å². The Labute approximate surface area is 217 Å². The molecule has 0 saturated heterocycles. The highest BCUT2D eigenvalue weighted by atomic mass is 16.6. The molecule has 0 aliphatic carbocycles. The van der Waals surface area contributed by atoms with Gasteiger partial charge in [-0.1, -0.05) is 90.4 Å². The SMILES string of the molecule is CCCCCCCCCCCCCCCCOCCOCCOCCOCCOCCOCCN. The lowest BCUT2D eigenvalue weighted by Crippen LogP contribution is -2.15. The Morgan fingerprint density at radius 1 is 0.314 bits per heavy atom. The fourth-order valence-corrected chi connectivity index (χ4v) is 3.68. The van der Waals surface area contributed by atoms with E-state index < -0.39 is 0 Å². The summed E-state index contributed by atoms with van der Waals surface area (Å²) in [6.07, 6.45) is 19.4. The molecule has 0 aliphatic heterocycles. The van der Waals surface area contributed by atoms with Crippen molar-refractivity contribution in [3.05, 3.63) is 0 Å². The normalized spacial score (nSPS) is 11.5. The van der Waals surface area contributed by atoms with Gasteiger partial charge in [0.25, 0.3) is 0 Å². The van der Waals surface area contributed by atoms with Crippen LogP contribution in [0.15, 0.2) is 0 Å². The van der Waals surface area contributed by atoms with Crippen LogP contribution in [0.2, 0.25) is 0 Å². The predicted octanol–water partition coefficient (Wildman–Crippen LogP) is 5.53. The zero-order chi connectivity index (χ0) is 25.3. The predicted molar refractivity (Wildman–Crippen MR) is 144 cm³/mol. The fraction of sp³-hybridized carbons (Fsp3) is 1.00. The largest absolute Gasteiger partial charge is 0.379 e. The van der Waals surface area contributed by atoms with E-state index in [9.17, 15) is 0 Å². The van der Waals surface area contributed by atoms with Gasteiger partial charge in [0.15, 0.2) is 0 Å². The van der Waals surface area contributed by atoms with Crippen molar-refractivity contribution >= 4 is 0 Å². The summed E-state index contributed by atoms with van der Waals surface area (Å²) < 4.78 is 32.7. The molecule has 0 spiro atoms. The number of hydrogen-bond donors (Lipinski definition) is 1. The highest BCUT2D eigenvalue weighted by Gasteiger charge is 1.96. The minimum absolute atomic E-state index is 0.543. The maximum Gasteiger partial charge on any atom is 0.0701 e. The zero-order valence-electron chi connectivity index (χ0n) is 23.1. The summed E-state index contributed by atoms with van der Waals surface area (Å²) in [5.41, 5.74) is 5.33. The van der Waals surface area contributed by atoms with Crippen LogP contribution in [0.3, 0.4) is 0 Å². The van der Waals surface area contributed by atoms with Gasteiger partial charge in [0.05, 0.1) is 72.7 Å². The number of hydrogen-bond acceptors (Lipinski definition) is 7. The van der Waals surface area contributed by atoms with E-state index in [1.54, 1.807) is 0 Å². The third kappa shape index (κ3) is 33.7. The van der Waals surface area contributed by atoms with Gasteiger partial charge in [-0.25, -0.2) is 0 Å². The van der Waals surface area contributed by atoms with Gasteiger partial charge in [-0.05, 0) is 6.42 Å². The molecule has 0 heterocycles. The second-order valence-corrected chi connectivity index (χ2v) is 9.06. The zero-order valence-corrected chi connectivity index (χ0v) is 23.1. The van der Waals surface area contributed by atoms with Crippen LogP contribution in [0.5, 0.6) is 0 Å². The Hall–Kier alpha value is -0.280. The summed E-state index contributed by atoms with van der Waals surface area (Å²) in [4.78, 5) is 0. The van der Waals surface area contributed by atoms with Crippen molar-refractivity contribution in [1.29, 1.82) is 0 Å². The van der Waals surface area contributed by atoms with Crippen molar-refractivity contribution in [3.8, 4) is 0 Å². The van der Waals surface area contributed by atoms with Crippen molar-refractivity contribution < 1.29 is 28.4 Å². The molecule has 212 valence electrons. The molecule has 2 N–H and O–H groups in total. The average Bonchev–Trinajstić information content (AvgIpc) is 2.87. The van der Waals surface area contributed by atoms with Gasteiger partial charge in [-0.2, -0.15) is 0 Å². The van der Waals surface area contributed by atoms with Gasteiger partial charge in [0, 0.05) is 13.2 Å². The first kappa shape index (κ1) is 34.7. The third-order valence-electron chi connectivity index (χ3n) is 5.76. The summed E-state index contributed by atoms with van der Waals surface area (Å²) in [5, 5.41) is 0. The minimum atomic E-state index is 0.543. The number of nitrogens with two attached hydrogens (primary N) is 1. The molecular weight excluding hydrogens is 446 g/mol. The van der Waals surface area contributed by atoms with Crippen molar-refractivity contribution in [2.75, 3.05) is 85.8 Å². The molecule has 7 heteroatoms. The molecule has 0 amide bonds. The van der Waals surface area contributed by atoms with E-state index in [2.05, 4.69) is 6.92 Å². The smallest absolute Gasteiger partial charge is 0.0701 e. The third-order valence-corrected chi connectivity index (χ3v) is 5.76. The molecule has 0 bridgehead atoms. The van der Waals surface area contributed by atoms with E-state index >= 15 is 0 Å². The van der Waals surface area contributed by atoms with E-state index in [1.165, 1.54) is 83.5 Å².